The summed E-state index contributed by atoms with van der Waals surface area (Å²) in [6.45, 7) is 4.54. The lowest BCUT2D eigenvalue weighted by atomic mass is 10.0. The summed E-state index contributed by atoms with van der Waals surface area (Å²) < 4.78 is 5.40. The van der Waals surface area contributed by atoms with Crippen molar-refractivity contribution in [3.63, 3.8) is 0 Å². The molecular weight excluding hydrogens is 328 g/mol. The first-order valence-electron chi connectivity index (χ1n) is 12.4. The van der Waals surface area contributed by atoms with Gasteiger partial charge in [0.25, 0.3) is 0 Å². The molecule has 0 N–H and O–H groups in total. The van der Waals surface area contributed by atoms with Gasteiger partial charge in [-0.15, -0.1) is 0 Å². The molecule has 0 unspecified atom stereocenters. The second kappa shape index (κ2) is 25.3. The predicted octanol–water partition coefficient (Wildman–Crippen LogP) is 9.87. The highest BCUT2D eigenvalue weighted by Crippen LogP contribution is 2.13. The molecule has 27 heavy (non-hydrogen) atoms. The Hall–Kier alpha value is -0.720. The third-order valence-corrected chi connectivity index (χ3v) is 5.30. The number of allylic oxidation sites excluding steroid dienone is 2. The summed E-state index contributed by atoms with van der Waals surface area (Å²) in [5, 5.41) is 0. The second-order valence-electron chi connectivity index (χ2n) is 8.11. The lowest BCUT2D eigenvalue weighted by Gasteiger charge is -2.02. The molecule has 0 aromatic heterocycles. The minimum atomic E-state index is 1.15. The topological polar surface area (TPSA) is 9.23 Å². The van der Waals surface area contributed by atoms with Crippen molar-refractivity contribution in [2.45, 2.75) is 142 Å². The van der Waals surface area contributed by atoms with Crippen molar-refractivity contribution in [3.05, 3.63) is 24.7 Å². The van der Waals surface area contributed by atoms with Crippen molar-refractivity contribution < 1.29 is 4.74 Å². The first-order valence-corrected chi connectivity index (χ1v) is 12.4. The zero-order chi connectivity index (χ0) is 19.7. The molecule has 0 saturated carbocycles. The van der Waals surface area contributed by atoms with Crippen LogP contribution < -0.4 is 0 Å². The van der Waals surface area contributed by atoms with Gasteiger partial charge in [0.15, 0.2) is 0 Å². The number of ether oxygens (including phenoxy) is 1. The maximum absolute atomic E-state index is 5.40. The highest BCUT2D eigenvalue weighted by Gasteiger charge is 1.93. The highest BCUT2D eigenvalue weighted by molar-refractivity contribution is 4.79. The van der Waals surface area contributed by atoms with Gasteiger partial charge < -0.3 is 4.74 Å². The van der Waals surface area contributed by atoms with E-state index in [2.05, 4.69) is 26.0 Å². The highest BCUT2D eigenvalue weighted by atomic mass is 16.5. The summed E-state index contributed by atoms with van der Waals surface area (Å²) >= 11 is 0. The smallest absolute Gasteiger partial charge is 0.0861 e. The van der Waals surface area contributed by atoms with Gasteiger partial charge in [-0.2, -0.15) is 0 Å². The molecule has 0 saturated heterocycles. The molecule has 0 amide bonds. The Kier molecular flexibility index (Phi) is 24.6. The molecular formula is C26H50O. The van der Waals surface area contributed by atoms with Crippen LogP contribution in [0.3, 0.4) is 0 Å². The lowest BCUT2D eigenvalue weighted by Crippen LogP contribution is -1.83. The van der Waals surface area contributed by atoms with E-state index in [-0.39, 0.29) is 0 Å². The third kappa shape index (κ3) is 25.3. The van der Waals surface area contributed by atoms with Crippen LogP contribution in [0.5, 0.6) is 0 Å². The van der Waals surface area contributed by atoms with Gasteiger partial charge in [-0.05, 0) is 37.8 Å². The summed E-state index contributed by atoms with van der Waals surface area (Å²) in [5.74, 6) is 0. The monoisotopic (exact) mass is 378 g/mol. The zero-order valence-electron chi connectivity index (χ0n) is 18.9. The van der Waals surface area contributed by atoms with Crippen LogP contribution in [0.25, 0.3) is 0 Å². The minimum absolute atomic E-state index is 1.15. The molecule has 0 atom stereocenters. The van der Waals surface area contributed by atoms with Crippen molar-refractivity contribution >= 4 is 0 Å². The molecule has 0 radical (unpaired) electrons. The van der Waals surface area contributed by atoms with E-state index in [1.165, 1.54) is 116 Å². The molecule has 0 aliphatic carbocycles. The summed E-state index contributed by atoms with van der Waals surface area (Å²) in [4.78, 5) is 0. The van der Waals surface area contributed by atoms with Gasteiger partial charge in [0.05, 0.1) is 12.5 Å². The van der Waals surface area contributed by atoms with E-state index >= 15 is 0 Å². The number of hydrogen-bond donors (Lipinski definition) is 0. The van der Waals surface area contributed by atoms with Crippen molar-refractivity contribution in [1.29, 1.82) is 0 Å². The maximum Gasteiger partial charge on any atom is 0.0861 e. The molecule has 0 aliphatic rings. The summed E-state index contributed by atoms with van der Waals surface area (Å²) in [5.41, 5.74) is 0. The van der Waals surface area contributed by atoms with E-state index in [1.807, 2.05) is 12.5 Å². The fourth-order valence-corrected chi connectivity index (χ4v) is 3.44. The van der Waals surface area contributed by atoms with Gasteiger partial charge >= 0.3 is 0 Å². The van der Waals surface area contributed by atoms with Crippen molar-refractivity contribution in [2.75, 3.05) is 0 Å². The van der Waals surface area contributed by atoms with Crippen LogP contribution in [0.4, 0.5) is 0 Å². The summed E-state index contributed by atoms with van der Waals surface area (Å²) in [7, 11) is 0. The predicted molar refractivity (Wildman–Crippen MR) is 123 cm³/mol. The molecule has 160 valence electrons. The Morgan fingerprint density at radius 3 is 1.07 bits per heavy atom. The largest absolute Gasteiger partial charge is 0.473 e. The van der Waals surface area contributed by atoms with E-state index in [1.54, 1.807) is 0 Å². The molecule has 1 nitrogen and oxygen atoms in total. The van der Waals surface area contributed by atoms with Crippen LogP contribution in [-0.4, -0.2) is 0 Å². The zero-order valence-corrected chi connectivity index (χ0v) is 18.9. The van der Waals surface area contributed by atoms with Crippen molar-refractivity contribution in [2.24, 2.45) is 0 Å². The Morgan fingerprint density at radius 1 is 0.407 bits per heavy atom. The first kappa shape index (κ1) is 26.3. The van der Waals surface area contributed by atoms with E-state index in [0.717, 1.165) is 12.8 Å². The van der Waals surface area contributed by atoms with E-state index in [9.17, 15) is 0 Å². The fraction of sp³-hybridized carbons (Fsp3) is 0.846. The van der Waals surface area contributed by atoms with Gasteiger partial charge in [-0.25, -0.2) is 0 Å². The quantitative estimate of drug-likeness (QED) is 0.134. The lowest BCUT2D eigenvalue weighted by molar-refractivity contribution is 0.397. The van der Waals surface area contributed by atoms with Gasteiger partial charge in [0.2, 0.25) is 0 Å². The van der Waals surface area contributed by atoms with E-state index < -0.39 is 0 Å². The number of rotatable bonds is 22. The summed E-state index contributed by atoms with van der Waals surface area (Å²) in [6, 6.07) is 0. The van der Waals surface area contributed by atoms with Crippen LogP contribution in [0, 0.1) is 0 Å². The molecule has 0 fully saturated rings. The van der Waals surface area contributed by atoms with E-state index in [4.69, 9.17) is 4.74 Å². The van der Waals surface area contributed by atoms with Crippen LogP contribution in [0.15, 0.2) is 24.7 Å². The molecule has 0 aromatic carbocycles. The Bertz CT molecular complexity index is 305. The SMILES string of the molecule is CCCCCCC=COC=CCCCCCCCCCCCCCCCC. The van der Waals surface area contributed by atoms with Crippen LogP contribution in [0.1, 0.15) is 142 Å². The minimum Gasteiger partial charge on any atom is -0.473 e. The number of unbranched alkanes of at least 4 members (excludes halogenated alkanes) is 18. The van der Waals surface area contributed by atoms with Crippen LogP contribution in [0.2, 0.25) is 0 Å². The molecule has 0 rings (SSSR count). The van der Waals surface area contributed by atoms with Crippen LogP contribution in [-0.2, 0) is 4.74 Å². The molecule has 0 bridgehead atoms. The molecule has 0 aliphatic heterocycles. The molecule has 0 spiro atoms. The Morgan fingerprint density at radius 2 is 0.704 bits per heavy atom. The van der Waals surface area contributed by atoms with Crippen molar-refractivity contribution in [1.82, 2.24) is 0 Å². The van der Waals surface area contributed by atoms with Crippen molar-refractivity contribution in [3.8, 4) is 0 Å². The maximum atomic E-state index is 5.40. The second-order valence-corrected chi connectivity index (χ2v) is 8.11. The van der Waals surface area contributed by atoms with E-state index in [0.29, 0.717) is 0 Å². The van der Waals surface area contributed by atoms with Gasteiger partial charge in [0.1, 0.15) is 0 Å². The standard InChI is InChI=1S/C26H50O/c1-3-5-7-9-11-12-13-14-15-16-17-18-19-20-22-24-26-27-25-23-21-10-8-6-4-2/h23-26H,3-22H2,1-2H3. The molecule has 1 heteroatoms. The third-order valence-electron chi connectivity index (χ3n) is 5.30. The Labute approximate surface area is 172 Å². The average molecular weight is 379 g/mol. The summed E-state index contributed by atoms with van der Waals surface area (Å²) in [6.07, 6.45) is 35.6. The number of hydrogen-bond acceptors (Lipinski definition) is 1. The first-order chi connectivity index (χ1) is 13.4. The normalized spacial score (nSPS) is 11.8. The van der Waals surface area contributed by atoms with Crippen LogP contribution >= 0.6 is 0 Å². The average Bonchev–Trinajstić information content (AvgIpc) is 2.68. The molecule has 0 aromatic rings. The fourth-order valence-electron chi connectivity index (χ4n) is 3.44. The Balaban J connectivity index is 3.10. The van der Waals surface area contributed by atoms with Gasteiger partial charge in [0, 0.05) is 0 Å². The van der Waals surface area contributed by atoms with Gasteiger partial charge in [-0.3, -0.25) is 0 Å². The molecule has 0 heterocycles. The van der Waals surface area contributed by atoms with Gasteiger partial charge in [-0.1, -0.05) is 117 Å².